The Balaban J connectivity index is 2.18. The van der Waals surface area contributed by atoms with E-state index in [2.05, 4.69) is 5.32 Å². The van der Waals surface area contributed by atoms with E-state index in [1.54, 1.807) is 36.4 Å². The first-order chi connectivity index (χ1) is 10.5. The van der Waals surface area contributed by atoms with Crippen LogP contribution in [-0.2, 0) is 0 Å². The Morgan fingerprint density at radius 2 is 1.82 bits per heavy atom. The molecule has 0 aliphatic rings. The van der Waals surface area contributed by atoms with Crippen LogP contribution in [0.1, 0.15) is 30.6 Å². The summed E-state index contributed by atoms with van der Waals surface area (Å²) >= 11 is 12.1. The summed E-state index contributed by atoms with van der Waals surface area (Å²) in [5.74, 6) is 0.372. The molecule has 3 nitrogen and oxygen atoms in total. The second kappa shape index (κ2) is 7.52. The normalized spacial score (nSPS) is 11.8. The highest BCUT2D eigenvalue weighted by atomic mass is 35.5. The van der Waals surface area contributed by atoms with Gasteiger partial charge in [-0.05, 0) is 43.7 Å². The molecule has 0 aromatic heterocycles. The number of halogens is 2. The highest BCUT2D eigenvalue weighted by Crippen LogP contribution is 2.30. The number of para-hydroxylation sites is 1. The van der Waals surface area contributed by atoms with Gasteiger partial charge in [0, 0.05) is 5.56 Å². The van der Waals surface area contributed by atoms with Gasteiger partial charge in [-0.3, -0.25) is 4.79 Å². The average Bonchev–Trinajstić information content (AvgIpc) is 2.51. The predicted octanol–water partition coefficient (Wildman–Crippen LogP) is 5.42. The van der Waals surface area contributed by atoms with Gasteiger partial charge in [0.15, 0.2) is 0 Å². The Labute approximate surface area is 140 Å². The van der Waals surface area contributed by atoms with Crippen LogP contribution in [0.4, 0.5) is 5.69 Å². The molecule has 0 aliphatic heterocycles. The molecule has 0 saturated heterocycles. The molecule has 116 valence electrons. The fourth-order valence-corrected chi connectivity index (χ4v) is 2.32. The number of rotatable bonds is 5. The molecule has 1 amide bonds. The minimum absolute atomic E-state index is 0.0938. The Morgan fingerprint density at radius 1 is 1.18 bits per heavy atom. The maximum atomic E-state index is 12.3. The molecule has 22 heavy (non-hydrogen) atoms. The molecule has 0 radical (unpaired) electrons. The maximum absolute atomic E-state index is 12.3. The van der Waals surface area contributed by atoms with Crippen molar-refractivity contribution in [2.24, 2.45) is 0 Å². The topological polar surface area (TPSA) is 38.3 Å². The molecule has 2 rings (SSSR count). The van der Waals surface area contributed by atoms with Gasteiger partial charge >= 0.3 is 0 Å². The molecule has 0 bridgehead atoms. The third kappa shape index (κ3) is 4.15. The number of carbonyl (C=O) groups excluding carboxylic acids is 1. The minimum atomic E-state index is -0.287. The van der Waals surface area contributed by atoms with E-state index < -0.39 is 0 Å². The molecule has 0 aliphatic carbocycles. The Morgan fingerprint density at radius 3 is 2.45 bits per heavy atom. The van der Waals surface area contributed by atoms with Crippen molar-refractivity contribution in [2.45, 2.75) is 26.4 Å². The standard InChI is InChI=1S/C17H17Cl2NO2/c1-3-11(2)22-13-7-4-6-12(10-13)17(21)20-16-14(18)8-5-9-15(16)19/h4-11H,3H2,1-2H3,(H,20,21). The van der Waals surface area contributed by atoms with E-state index in [1.807, 2.05) is 19.9 Å². The van der Waals surface area contributed by atoms with Gasteiger partial charge < -0.3 is 10.1 Å². The monoisotopic (exact) mass is 337 g/mol. The number of amides is 1. The molecule has 0 fully saturated rings. The summed E-state index contributed by atoms with van der Waals surface area (Å²) in [7, 11) is 0. The van der Waals surface area contributed by atoms with Crippen LogP contribution in [0.3, 0.4) is 0 Å². The summed E-state index contributed by atoms with van der Waals surface area (Å²) in [5.41, 5.74) is 0.890. The van der Waals surface area contributed by atoms with Crippen molar-refractivity contribution in [3.8, 4) is 5.75 Å². The molecule has 0 heterocycles. The first-order valence-corrected chi connectivity index (χ1v) is 7.79. The fraction of sp³-hybridized carbons (Fsp3) is 0.235. The van der Waals surface area contributed by atoms with Gasteiger partial charge in [0.2, 0.25) is 0 Å². The lowest BCUT2D eigenvalue weighted by molar-refractivity contribution is 0.102. The van der Waals surface area contributed by atoms with Gasteiger partial charge in [0.05, 0.1) is 21.8 Å². The highest BCUT2D eigenvalue weighted by Gasteiger charge is 2.12. The van der Waals surface area contributed by atoms with Crippen LogP contribution in [0, 0.1) is 0 Å². The van der Waals surface area contributed by atoms with Gasteiger partial charge in [-0.1, -0.05) is 42.3 Å². The van der Waals surface area contributed by atoms with Crippen LogP contribution >= 0.6 is 23.2 Å². The molecule has 2 aromatic carbocycles. The Hall–Kier alpha value is -1.71. The zero-order valence-electron chi connectivity index (χ0n) is 12.4. The Kier molecular flexibility index (Phi) is 5.69. The second-order valence-corrected chi connectivity index (χ2v) is 5.73. The van der Waals surface area contributed by atoms with Gasteiger partial charge in [0.1, 0.15) is 5.75 Å². The summed E-state index contributed by atoms with van der Waals surface area (Å²) in [5, 5.41) is 3.52. The lowest BCUT2D eigenvalue weighted by atomic mass is 10.2. The van der Waals surface area contributed by atoms with E-state index in [-0.39, 0.29) is 12.0 Å². The van der Waals surface area contributed by atoms with Crippen molar-refractivity contribution in [1.29, 1.82) is 0 Å². The summed E-state index contributed by atoms with van der Waals surface area (Å²) < 4.78 is 5.72. The number of anilines is 1. The van der Waals surface area contributed by atoms with Gasteiger partial charge in [-0.2, -0.15) is 0 Å². The molecular formula is C17H17Cl2NO2. The summed E-state index contributed by atoms with van der Waals surface area (Å²) in [6.45, 7) is 4.02. The molecule has 1 atom stereocenters. The number of ether oxygens (including phenoxy) is 1. The van der Waals surface area contributed by atoms with Gasteiger partial charge in [0.25, 0.3) is 5.91 Å². The summed E-state index contributed by atoms with van der Waals surface area (Å²) in [6.07, 6.45) is 0.988. The third-order valence-corrected chi connectivity index (χ3v) is 3.84. The smallest absolute Gasteiger partial charge is 0.255 e. The Bertz CT molecular complexity index is 653. The van der Waals surface area contributed by atoms with E-state index >= 15 is 0 Å². The van der Waals surface area contributed by atoms with Crippen LogP contribution in [0.2, 0.25) is 10.0 Å². The number of carbonyl (C=O) groups is 1. The second-order valence-electron chi connectivity index (χ2n) is 4.92. The molecule has 2 aromatic rings. The van der Waals surface area contributed by atoms with Crippen molar-refractivity contribution in [1.82, 2.24) is 0 Å². The van der Waals surface area contributed by atoms with Crippen molar-refractivity contribution in [3.05, 3.63) is 58.1 Å². The van der Waals surface area contributed by atoms with E-state index in [0.717, 1.165) is 6.42 Å². The first-order valence-electron chi connectivity index (χ1n) is 7.03. The lowest BCUT2D eigenvalue weighted by Gasteiger charge is -2.14. The molecule has 0 spiro atoms. The molecule has 0 saturated carbocycles. The minimum Gasteiger partial charge on any atom is -0.491 e. The summed E-state index contributed by atoms with van der Waals surface area (Å²) in [6, 6.07) is 12.1. The zero-order valence-corrected chi connectivity index (χ0v) is 13.9. The number of nitrogens with one attached hydrogen (secondary N) is 1. The quantitative estimate of drug-likeness (QED) is 0.790. The van der Waals surface area contributed by atoms with Crippen LogP contribution in [0.25, 0.3) is 0 Å². The highest BCUT2D eigenvalue weighted by molar-refractivity contribution is 6.40. The maximum Gasteiger partial charge on any atom is 0.255 e. The number of benzene rings is 2. The van der Waals surface area contributed by atoms with Crippen molar-refractivity contribution >= 4 is 34.8 Å². The van der Waals surface area contributed by atoms with Gasteiger partial charge in [-0.25, -0.2) is 0 Å². The SMILES string of the molecule is CCC(C)Oc1cccc(C(=O)Nc2c(Cl)cccc2Cl)c1. The van der Waals surface area contributed by atoms with Crippen LogP contribution < -0.4 is 10.1 Å². The average molecular weight is 338 g/mol. The number of hydrogen-bond donors (Lipinski definition) is 1. The van der Waals surface area contributed by atoms with Gasteiger partial charge in [-0.15, -0.1) is 0 Å². The fourth-order valence-electron chi connectivity index (χ4n) is 1.83. The van der Waals surface area contributed by atoms with E-state index in [1.165, 1.54) is 0 Å². The number of hydrogen-bond acceptors (Lipinski definition) is 2. The van der Waals surface area contributed by atoms with Crippen molar-refractivity contribution < 1.29 is 9.53 Å². The van der Waals surface area contributed by atoms with Crippen LogP contribution in [0.15, 0.2) is 42.5 Å². The first kappa shape index (κ1) is 16.7. The van der Waals surface area contributed by atoms with Crippen LogP contribution in [-0.4, -0.2) is 12.0 Å². The largest absolute Gasteiger partial charge is 0.491 e. The van der Waals surface area contributed by atoms with Crippen molar-refractivity contribution in [2.75, 3.05) is 5.32 Å². The molecular weight excluding hydrogens is 321 g/mol. The van der Waals surface area contributed by atoms with E-state index in [4.69, 9.17) is 27.9 Å². The molecule has 1 N–H and O–H groups in total. The van der Waals surface area contributed by atoms with E-state index in [9.17, 15) is 4.79 Å². The molecule has 5 heteroatoms. The lowest BCUT2D eigenvalue weighted by Crippen LogP contribution is -2.14. The predicted molar refractivity (Wildman–Crippen MR) is 91.2 cm³/mol. The zero-order chi connectivity index (χ0) is 16.1. The summed E-state index contributed by atoms with van der Waals surface area (Å²) in [4.78, 5) is 12.3. The van der Waals surface area contributed by atoms with Crippen molar-refractivity contribution in [3.63, 3.8) is 0 Å². The van der Waals surface area contributed by atoms with E-state index in [0.29, 0.717) is 27.0 Å². The third-order valence-electron chi connectivity index (χ3n) is 3.21. The van der Waals surface area contributed by atoms with Crippen LogP contribution in [0.5, 0.6) is 5.75 Å². The molecule has 1 unspecified atom stereocenters.